The normalized spacial score (nSPS) is 21.6. The van der Waals surface area contributed by atoms with E-state index < -0.39 is 0 Å². The van der Waals surface area contributed by atoms with Crippen LogP contribution in [-0.2, 0) is 11.3 Å². The van der Waals surface area contributed by atoms with Gasteiger partial charge in [0.25, 0.3) is 0 Å². The fourth-order valence-corrected chi connectivity index (χ4v) is 2.30. The highest BCUT2D eigenvalue weighted by molar-refractivity contribution is 5.34. The molecule has 1 aliphatic heterocycles. The van der Waals surface area contributed by atoms with Crippen LogP contribution in [0.25, 0.3) is 0 Å². The summed E-state index contributed by atoms with van der Waals surface area (Å²) in [5, 5.41) is 3.08. The second-order valence-corrected chi connectivity index (χ2v) is 4.75. The second kappa shape index (κ2) is 6.71. The van der Waals surface area contributed by atoms with Crippen molar-refractivity contribution in [3.63, 3.8) is 0 Å². The van der Waals surface area contributed by atoms with Gasteiger partial charge in [0.2, 0.25) is 0 Å². The second-order valence-electron chi connectivity index (χ2n) is 4.75. The summed E-state index contributed by atoms with van der Waals surface area (Å²) in [5.74, 6) is 0.936. The Bertz CT molecular complexity index is 370. The number of nitrogens with zero attached hydrogens (tertiary/aromatic N) is 2. The molecular weight excluding hydrogens is 226 g/mol. The van der Waals surface area contributed by atoms with Gasteiger partial charge in [-0.05, 0) is 25.0 Å². The Morgan fingerprint density at radius 1 is 1.50 bits per heavy atom. The van der Waals surface area contributed by atoms with Crippen molar-refractivity contribution < 1.29 is 4.74 Å². The monoisotopic (exact) mass is 249 g/mol. The number of hydrogen-bond donors (Lipinski definition) is 1. The van der Waals surface area contributed by atoms with E-state index in [0.717, 1.165) is 50.6 Å². The van der Waals surface area contributed by atoms with Crippen LogP contribution in [0.1, 0.15) is 25.5 Å². The third-order valence-electron chi connectivity index (χ3n) is 3.34. The Balaban J connectivity index is 1.98. The van der Waals surface area contributed by atoms with E-state index >= 15 is 0 Å². The Morgan fingerprint density at radius 3 is 3.17 bits per heavy atom. The van der Waals surface area contributed by atoms with Gasteiger partial charge < -0.3 is 10.1 Å². The van der Waals surface area contributed by atoms with Crippen LogP contribution in [0.4, 0.5) is 5.82 Å². The van der Waals surface area contributed by atoms with Gasteiger partial charge in [0.05, 0.1) is 11.8 Å². The summed E-state index contributed by atoms with van der Waals surface area (Å²) in [5.41, 5.74) is 1.12. The van der Waals surface area contributed by atoms with Crippen LogP contribution in [-0.4, -0.2) is 42.7 Å². The average Bonchev–Trinajstić information content (AvgIpc) is 2.64. The number of rotatable bonds is 4. The highest BCUT2D eigenvalue weighted by Crippen LogP contribution is 2.12. The zero-order valence-electron chi connectivity index (χ0n) is 11.4. The third kappa shape index (κ3) is 3.68. The minimum Gasteiger partial charge on any atom is -0.377 e. The van der Waals surface area contributed by atoms with Gasteiger partial charge in [-0.2, -0.15) is 0 Å². The zero-order chi connectivity index (χ0) is 12.8. The number of hydrogen-bond acceptors (Lipinski definition) is 4. The number of anilines is 1. The van der Waals surface area contributed by atoms with Crippen molar-refractivity contribution in [2.75, 3.05) is 32.1 Å². The molecule has 1 atom stereocenters. The lowest BCUT2D eigenvalue weighted by Crippen LogP contribution is -2.31. The highest BCUT2D eigenvalue weighted by Gasteiger charge is 2.17. The van der Waals surface area contributed by atoms with Crippen LogP contribution in [0.3, 0.4) is 0 Å². The van der Waals surface area contributed by atoms with Crippen LogP contribution in [0.15, 0.2) is 18.2 Å². The van der Waals surface area contributed by atoms with E-state index in [-0.39, 0.29) is 0 Å². The van der Waals surface area contributed by atoms with Gasteiger partial charge in [-0.15, -0.1) is 0 Å². The van der Waals surface area contributed by atoms with Crippen molar-refractivity contribution >= 4 is 5.82 Å². The third-order valence-corrected chi connectivity index (χ3v) is 3.34. The molecule has 1 aromatic heterocycles. The quantitative estimate of drug-likeness (QED) is 0.887. The molecule has 0 spiro atoms. The Kier molecular flexibility index (Phi) is 4.96. The zero-order valence-corrected chi connectivity index (χ0v) is 11.4. The summed E-state index contributed by atoms with van der Waals surface area (Å²) in [6.45, 7) is 6.10. The molecule has 0 bridgehead atoms. The molecule has 1 aromatic rings. The summed E-state index contributed by atoms with van der Waals surface area (Å²) in [4.78, 5) is 7.02. The van der Waals surface area contributed by atoms with Crippen LogP contribution in [0, 0.1) is 0 Å². The molecule has 2 rings (SSSR count). The van der Waals surface area contributed by atoms with Gasteiger partial charge in [0.15, 0.2) is 0 Å². The summed E-state index contributed by atoms with van der Waals surface area (Å²) in [6, 6.07) is 6.14. The van der Waals surface area contributed by atoms with E-state index in [1.165, 1.54) is 0 Å². The summed E-state index contributed by atoms with van der Waals surface area (Å²) >= 11 is 0. The minimum absolute atomic E-state index is 0.375. The maximum absolute atomic E-state index is 5.79. The topological polar surface area (TPSA) is 37.4 Å². The predicted octanol–water partition coefficient (Wildman–Crippen LogP) is 2.12. The summed E-state index contributed by atoms with van der Waals surface area (Å²) < 4.78 is 5.79. The van der Waals surface area contributed by atoms with Crippen molar-refractivity contribution in [1.82, 2.24) is 9.88 Å². The standard InChI is InChI=1S/C14H23N3O/c1-3-13-11-17(8-5-9-18-13)10-12-6-4-7-14(15-2)16-12/h4,6-7,13H,3,5,8-11H2,1-2H3,(H,15,16). The van der Waals surface area contributed by atoms with Crippen molar-refractivity contribution in [1.29, 1.82) is 0 Å². The lowest BCUT2D eigenvalue weighted by Gasteiger charge is -2.22. The molecule has 100 valence electrons. The molecule has 0 saturated carbocycles. The SMILES string of the molecule is CCC1CN(Cc2cccc(NC)n2)CCCO1. The maximum atomic E-state index is 5.79. The first-order chi connectivity index (χ1) is 8.81. The smallest absolute Gasteiger partial charge is 0.126 e. The molecule has 1 aliphatic rings. The molecule has 1 N–H and O–H groups in total. The largest absolute Gasteiger partial charge is 0.377 e. The van der Waals surface area contributed by atoms with Gasteiger partial charge in [-0.1, -0.05) is 13.0 Å². The predicted molar refractivity (Wildman–Crippen MR) is 73.7 cm³/mol. The molecule has 1 saturated heterocycles. The lowest BCUT2D eigenvalue weighted by molar-refractivity contribution is 0.0508. The lowest BCUT2D eigenvalue weighted by atomic mass is 10.2. The molecule has 0 radical (unpaired) electrons. The van der Waals surface area contributed by atoms with Gasteiger partial charge in [0.1, 0.15) is 5.82 Å². The van der Waals surface area contributed by atoms with Gasteiger partial charge in [-0.3, -0.25) is 4.90 Å². The van der Waals surface area contributed by atoms with E-state index in [1.807, 2.05) is 13.1 Å². The van der Waals surface area contributed by atoms with Crippen LogP contribution in [0.5, 0.6) is 0 Å². The highest BCUT2D eigenvalue weighted by atomic mass is 16.5. The first-order valence-corrected chi connectivity index (χ1v) is 6.79. The van der Waals surface area contributed by atoms with Gasteiger partial charge in [-0.25, -0.2) is 4.98 Å². The van der Waals surface area contributed by atoms with Crippen LogP contribution < -0.4 is 5.32 Å². The van der Waals surface area contributed by atoms with E-state index in [2.05, 4.69) is 34.3 Å². The molecule has 18 heavy (non-hydrogen) atoms. The average molecular weight is 249 g/mol. The first-order valence-electron chi connectivity index (χ1n) is 6.79. The first kappa shape index (κ1) is 13.3. The Morgan fingerprint density at radius 2 is 2.39 bits per heavy atom. The molecule has 4 nitrogen and oxygen atoms in total. The molecule has 2 heterocycles. The molecule has 0 aromatic carbocycles. The van der Waals surface area contributed by atoms with Crippen molar-refractivity contribution in [2.24, 2.45) is 0 Å². The van der Waals surface area contributed by atoms with E-state index in [0.29, 0.717) is 6.10 Å². The number of aromatic nitrogens is 1. The van der Waals surface area contributed by atoms with Crippen LogP contribution >= 0.6 is 0 Å². The summed E-state index contributed by atoms with van der Waals surface area (Å²) in [7, 11) is 1.90. The maximum Gasteiger partial charge on any atom is 0.126 e. The minimum atomic E-state index is 0.375. The van der Waals surface area contributed by atoms with Crippen molar-refractivity contribution in [3.05, 3.63) is 23.9 Å². The van der Waals surface area contributed by atoms with Gasteiger partial charge >= 0.3 is 0 Å². The number of pyridine rings is 1. The molecule has 1 fully saturated rings. The Labute approximate surface area is 109 Å². The van der Waals surface area contributed by atoms with E-state index in [1.54, 1.807) is 0 Å². The molecule has 1 unspecified atom stereocenters. The fourth-order valence-electron chi connectivity index (χ4n) is 2.30. The Hall–Kier alpha value is -1.13. The van der Waals surface area contributed by atoms with E-state index in [4.69, 9.17) is 4.74 Å². The number of nitrogens with one attached hydrogen (secondary N) is 1. The molecule has 0 amide bonds. The molecule has 4 heteroatoms. The van der Waals surface area contributed by atoms with E-state index in [9.17, 15) is 0 Å². The number of ether oxygens (including phenoxy) is 1. The van der Waals surface area contributed by atoms with Crippen molar-refractivity contribution in [2.45, 2.75) is 32.4 Å². The fraction of sp³-hybridized carbons (Fsp3) is 0.643. The summed E-state index contributed by atoms with van der Waals surface area (Å²) in [6.07, 6.45) is 2.57. The van der Waals surface area contributed by atoms with Crippen molar-refractivity contribution in [3.8, 4) is 0 Å². The van der Waals surface area contributed by atoms with Gasteiger partial charge in [0, 0.05) is 33.3 Å². The molecule has 0 aliphatic carbocycles. The van der Waals surface area contributed by atoms with Crippen LogP contribution in [0.2, 0.25) is 0 Å². The molecular formula is C14H23N3O.